The largest absolute Gasteiger partial charge is 0.355 e. The highest BCUT2D eigenvalue weighted by atomic mass is 35.5. The number of benzene rings is 3. The molecule has 0 aliphatic carbocycles. The van der Waals surface area contributed by atoms with Gasteiger partial charge in [-0.1, -0.05) is 60.1 Å². The molecule has 0 bridgehead atoms. The molecule has 3 aromatic rings. The summed E-state index contributed by atoms with van der Waals surface area (Å²) in [5.74, 6) is -0.249. The van der Waals surface area contributed by atoms with Crippen LogP contribution >= 0.6 is 11.6 Å². The summed E-state index contributed by atoms with van der Waals surface area (Å²) >= 11 is 5.97. The van der Waals surface area contributed by atoms with E-state index >= 15 is 0 Å². The Morgan fingerprint density at radius 2 is 1.67 bits per heavy atom. The highest BCUT2D eigenvalue weighted by molar-refractivity contribution is 7.89. The van der Waals surface area contributed by atoms with Crippen molar-refractivity contribution in [3.8, 4) is 11.1 Å². The number of hydrogen-bond acceptors (Lipinski definition) is 3. The minimum Gasteiger partial charge on any atom is -0.355 e. The van der Waals surface area contributed by atoms with Crippen molar-refractivity contribution in [2.75, 3.05) is 6.54 Å². The summed E-state index contributed by atoms with van der Waals surface area (Å²) in [5.41, 5.74) is 4.20. The summed E-state index contributed by atoms with van der Waals surface area (Å²) < 4.78 is 28.6. The molecule has 1 aliphatic heterocycles. The van der Waals surface area contributed by atoms with E-state index in [1.54, 1.807) is 12.1 Å². The third-order valence-corrected chi connectivity index (χ3v) is 8.14. The Hall–Kier alpha value is -2.67. The van der Waals surface area contributed by atoms with Crippen molar-refractivity contribution >= 4 is 27.5 Å². The maximum atomic E-state index is 13.6. The fraction of sp³-hybridized carbons (Fsp3) is 0.269. The Bertz CT molecular complexity index is 1230. The normalized spacial score (nSPS) is 16.9. The third-order valence-electron chi connectivity index (χ3n) is 6.02. The van der Waals surface area contributed by atoms with Crippen LogP contribution in [0.15, 0.2) is 77.7 Å². The highest BCUT2D eigenvalue weighted by Crippen LogP contribution is 2.28. The van der Waals surface area contributed by atoms with Crippen molar-refractivity contribution in [3.05, 3.63) is 88.9 Å². The van der Waals surface area contributed by atoms with E-state index in [4.69, 9.17) is 11.6 Å². The predicted octanol–water partition coefficient (Wildman–Crippen LogP) is 5.18. The molecule has 1 N–H and O–H groups in total. The molecule has 1 heterocycles. The second kappa shape index (κ2) is 10.1. The van der Waals surface area contributed by atoms with Gasteiger partial charge < -0.3 is 5.32 Å². The molecule has 0 radical (unpaired) electrons. The van der Waals surface area contributed by atoms with E-state index in [2.05, 4.69) is 24.4 Å². The van der Waals surface area contributed by atoms with Crippen molar-refractivity contribution in [2.45, 2.75) is 43.7 Å². The third kappa shape index (κ3) is 5.29. The number of hydrogen-bond donors (Lipinski definition) is 1. The van der Waals surface area contributed by atoms with Crippen LogP contribution in [0.4, 0.5) is 0 Å². The van der Waals surface area contributed by atoms with E-state index in [1.807, 2.05) is 36.4 Å². The molecule has 1 unspecified atom stereocenters. The maximum absolute atomic E-state index is 13.6. The summed E-state index contributed by atoms with van der Waals surface area (Å²) in [7, 11) is -3.92. The number of amides is 1. The quantitative estimate of drug-likeness (QED) is 0.526. The molecule has 1 saturated heterocycles. The van der Waals surface area contributed by atoms with Crippen LogP contribution in [0.1, 0.15) is 30.4 Å². The van der Waals surface area contributed by atoms with Gasteiger partial charge in [0.15, 0.2) is 0 Å². The predicted molar refractivity (Wildman–Crippen MR) is 131 cm³/mol. The molecule has 0 spiro atoms. The lowest BCUT2D eigenvalue weighted by Gasteiger charge is -2.29. The average molecular weight is 483 g/mol. The second-order valence-electron chi connectivity index (χ2n) is 8.32. The standard InChI is InChI=1S/C26H27ClN2O3S/c1-19-6-2-3-7-24(19)21-11-9-20(10-12-21)18-29(25-8-4-5-17-28-26(25)30)33(31,32)23-15-13-22(27)14-16-23/h2-3,6-7,9-16,25H,4-5,8,17-18H2,1H3,(H,28,30). The van der Waals surface area contributed by atoms with Gasteiger partial charge in [0, 0.05) is 18.1 Å². The lowest BCUT2D eigenvalue weighted by atomic mass is 9.99. The highest BCUT2D eigenvalue weighted by Gasteiger charge is 2.36. The molecule has 1 fully saturated rings. The van der Waals surface area contributed by atoms with E-state index in [1.165, 1.54) is 22.0 Å². The minimum atomic E-state index is -3.92. The first kappa shape index (κ1) is 23.5. The van der Waals surface area contributed by atoms with Crippen LogP contribution in [0.2, 0.25) is 5.02 Å². The Kier molecular flexibility index (Phi) is 7.17. The summed E-state index contributed by atoms with van der Waals surface area (Å²) in [6.45, 7) is 2.74. The molecule has 172 valence electrons. The minimum absolute atomic E-state index is 0.108. The van der Waals surface area contributed by atoms with Crippen molar-refractivity contribution in [2.24, 2.45) is 0 Å². The number of nitrogens with one attached hydrogen (secondary N) is 1. The molecular formula is C26H27ClN2O3S. The van der Waals surface area contributed by atoms with Crippen LogP contribution in [0, 0.1) is 6.92 Å². The van der Waals surface area contributed by atoms with Gasteiger partial charge in [0.1, 0.15) is 6.04 Å². The van der Waals surface area contributed by atoms with Gasteiger partial charge in [-0.2, -0.15) is 4.31 Å². The van der Waals surface area contributed by atoms with Crippen molar-refractivity contribution in [3.63, 3.8) is 0 Å². The van der Waals surface area contributed by atoms with Gasteiger partial charge in [-0.25, -0.2) is 8.42 Å². The first-order chi connectivity index (χ1) is 15.9. The zero-order chi connectivity index (χ0) is 23.4. The molecule has 0 saturated carbocycles. The lowest BCUT2D eigenvalue weighted by molar-refractivity contribution is -0.124. The number of halogens is 1. The molecule has 1 atom stereocenters. The van der Waals surface area contributed by atoms with E-state index in [0.29, 0.717) is 18.0 Å². The summed E-state index contributed by atoms with van der Waals surface area (Å²) in [4.78, 5) is 12.9. The van der Waals surface area contributed by atoms with Crippen LogP contribution in [-0.4, -0.2) is 31.2 Å². The summed E-state index contributed by atoms with van der Waals surface area (Å²) in [6.07, 6.45) is 2.10. The zero-order valence-corrected chi connectivity index (χ0v) is 20.1. The topological polar surface area (TPSA) is 66.5 Å². The number of nitrogens with zero attached hydrogens (tertiary/aromatic N) is 1. The Balaban J connectivity index is 1.68. The van der Waals surface area contributed by atoms with Crippen LogP contribution in [0.5, 0.6) is 0 Å². The smallest absolute Gasteiger partial charge is 0.244 e. The molecule has 1 amide bonds. The molecular weight excluding hydrogens is 456 g/mol. The maximum Gasteiger partial charge on any atom is 0.244 e. The fourth-order valence-electron chi connectivity index (χ4n) is 4.17. The van der Waals surface area contributed by atoms with Crippen molar-refractivity contribution < 1.29 is 13.2 Å². The Labute approximate surface area is 200 Å². The number of sulfonamides is 1. The second-order valence-corrected chi connectivity index (χ2v) is 10.6. The SMILES string of the molecule is Cc1ccccc1-c1ccc(CN(C2CCCCNC2=O)S(=O)(=O)c2ccc(Cl)cc2)cc1. The van der Waals surface area contributed by atoms with Gasteiger partial charge in [-0.15, -0.1) is 0 Å². The number of carbonyl (C=O) groups is 1. The summed E-state index contributed by atoms with van der Waals surface area (Å²) in [6, 6.07) is 21.3. The van der Waals surface area contributed by atoms with E-state index in [0.717, 1.165) is 29.5 Å². The first-order valence-corrected chi connectivity index (χ1v) is 12.9. The average Bonchev–Trinajstić information content (AvgIpc) is 3.02. The van der Waals surface area contributed by atoms with Gasteiger partial charge in [-0.3, -0.25) is 4.79 Å². The van der Waals surface area contributed by atoms with Crippen LogP contribution in [-0.2, 0) is 21.4 Å². The molecule has 33 heavy (non-hydrogen) atoms. The molecule has 1 aliphatic rings. The number of rotatable bonds is 6. The van der Waals surface area contributed by atoms with E-state index in [-0.39, 0.29) is 17.3 Å². The molecule has 4 rings (SSSR count). The first-order valence-electron chi connectivity index (χ1n) is 11.1. The zero-order valence-electron chi connectivity index (χ0n) is 18.5. The van der Waals surface area contributed by atoms with Crippen LogP contribution in [0.25, 0.3) is 11.1 Å². The Morgan fingerprint density at radius 3 is 2.36 bits per heavy atom. The lowest BCUT2D eigenvalue weighted by Crippen LogP contribution is -2.48. The van der Waals surface area contributed by atoms with Crippen molar-refractivity contribution in [1.82, 2.24) is 9.62 Å². The Morgan fingerprint density at radius 1 is 0.970 bits per heavy atom. The fourth-order valence-corrected chi connectivity index (χ4v) is 5.90. The van der Waals surface area contributed by atoms with Gasteiger partial charge in [0.25, 0.3) is 0 Å². The van der Waals surface area contributed by atoms with Crippen LogP contribution < -0.4 is 5.32 Å². The van der Waals surface area contributed by atoms with Crippen molar-refractivity contribution in [1.29, 1.82) is 0 Å². The number of carbonyl (C=O) groups excluding carboxylic acids is 1. The van der Waals surface area contributed by atoms with Gasteiger partial charge in [0.2, 0.25) is 15.9 Å². The number of aryl methyl sites for hydroxylation is 1. The van der Waals surface area contributed by atoms with E-state index in [9.17, 15) is 13.2 Å². The van der Waals surface area contributed by atoms with Crippen LogP contribution in [0.3, 0.4) is 0 Å². The van der Waals surface area contributed by atoms with E-state index < -0.39 is 16.1 Å². The van der Waals surface area contributed by atoms with Gasteiger partial charge in [-0.05, 0) is 72.7 Å². The van der Waals surface area contributed by atoms with Gasteiger partial charge >= 0.3 is 0 Å². The molecule has 3 aromatic carbocycles. The molecule has 0 aromatic heterocycles. The summed E-state index contributed by atoms with van der Waals surface area (Å²) in [5, 5.41) is 3.32. The monoisotopic (exact) mass is 482 g/mol. The van der Waals surface area contributed by atoms with Gasteiger partial charge in [0.05, 0.1) is 4.90 Å². The molecule has 5 nitrogen and oxygen atoms in total. The molecule has 7 heteroatoms.